The molecule has 2 aliphatic rings. The summed E-state index contributed by atoms with van der Waals surface area (Å²) in [6.45, 7) is 10.4. The van der Waals surface area contributed by atoms with Crippen LogP contribution in [0.5, 0.6) is 0 Å². The van der Waals surface area contributed by atoms with Gasteiger partial charge in [0.1, 0.15) is 0 Å². The highest BCUT2D eigenvalue weighted by atomic mass is 16.2. The quantitative estimate of drug-likeness (QED) is 0.274. The molecule has 0 aromatic carbocycles. The minimum Gasteiger partial charge on any atom is -0.355 e. The van der Waals surface area contributed by atoms with E-state index in [0.717, 1.165) is 71.0 Å². The lowest BCUT2D eigenvalue weighted by Gasteiger charge is -2.38. The van der Waals surface area contributed by atoms with Crippen molar-refractivity contribution < 1.29 is 4.79 Å². The fourth-order valence-electron chi connectivity index (χ4n) is 3.74. The number of hydrogen-bond acceptors (Lipinski definition) is 3. The van der Waals surface area contributed by atoms with Gasteiger partial charge in [-0.15, -0.1) is 6.58 Å². The lowest BCUT2D eigenvalue weighted by molar-refractivity contribution is -0.139. The predicted octanol–water partition coefficient (Wildman–Crippen LogP) is 2.18. The summed E-state index contributed by atoms with van der Waals surface area (Å²) < 4.78 is 0. The van der Waals surface area contributed by atoms with Crippen molar-refractivity contribution in [2.75, 3.05) is 59.9 Å². The van der Waals surface area contributed by atoms with E-state index in [1.54, 1.807) is 0 Å². The molecule has 1 N–H and O–H groups in total. The van der Waals surface area contributed by atoms with Crippen LogP contribution in [-0.4, -0.2) is 86.5 Å². The van der Waals surface area contributed by atoms with E-state index in [4.69, 9.17) is 0 Å². The van der Waals surface area contributed by atoms with Gasteiger partial charge in [-0.25, -0.2) is 0 Å². The van der Waals surface area contributed by atoms with Crippen LogP contribution in [0.25, 0.3) is 0 Å². The van der Waals surface area contributed by atoms with Crippen molar-refractivity contribution in [1.82, 2.24) is 20.0 Å². The van der Waals surface area contributed by atoms with Crippen LogP contribution in [-0.2, 0) is 4.79 Å². The molecule has 1 amide bonds. The van der Waals surface area contributed by atoms with Crippen molar-refractivity contribution >= 4 is 11.9 Å². The third-order valence-electron chi connectivity index (χ3n) is 5.82. The summed E-state index contributed by atoms with van der Waals surface area (Å²) in [4.78, 5) is 23.4. The zero-order chi connectivity index (χ0) is 19.5. The molecule has 0 aromatic rings. The molecule has 2 fully saturated rings. The molecule has 1 saturated heterocycles. The summed E-state index contributed by atoms with van der Waals surface area (Å²) in [6.07, 6.45) is 10.2. The van der Waals surface area contributed by atoms with Gasteiger partial charge in [0, 0.05) is 65.8 Å². The summed E-state index contributed by atoms with van der Waals surface area (Å²) in [5.74, 6) is 1.69. The SMILES string of the molecule is C=CCCCCCN(C)C(=NC)NCCN1CCN(C(=O)C2CCC2)CC1. The van der Waals surface area contributed by atoms with Gasteiger partial charge in [0.15, 0.2) is 5.96 Å². The average Bonchev–Trinajstić information content (AvgIpc) is 2.64. The second-order valence-corrected chi connectivity index (χ2v) is 7.83. The van der Waals surface area contributed by atoms with Crippen molar-refractivity contribution in [3.8, 4) is 0 Å². The van der Waals surface area contributed by atoms with Gasteiger partial charge >= 0.3 is 0 Å². The normalized spacial score (nSPS) is 18.9. The maximum Gasteiger partial charge on any atom is 0.225 e. The Morgan fingerprint density at radius 3 is 2.56 bits per heavy atom. The molecule has 0 radical (unpaired) electrons. The van der Waals surface area contributed by atoms with E-state index in [1.165, 1.54) is 25.7 Å². The standard InChI is InChI=1S/C21H39N5O/c1-4-5-6-7-8-13-24(3)21(22-2)23-12-14-25-15-17-26(18-16-25)20(27)19-10-9-11-19/h4,19H,1,5-18H2,2-3H3,(H,22,23). The Labute approximate surface area is 165 Å². The zero-order valence-electron chi connectivity index (χ0n) is 17.5. The molecular formula is C21H39N5O. The van der Waals surface area contributed by atoms with Crippen molar-refractivity contribution in [2.24, 2.45) is 10.9 Å². The third kappa shape index (κ3) is 7.17. The molecule has 1 aliphatic carbocycles. The Morgan fingerprint density at radius 1 is 1.22 bits per heavy atom. The van der Waals surface area contributed by atoms with Crippen LogP contribution in [0.3, 0.4) is 0 Å². The van der Waals surface area contributed by atoms with Crippen LogP contribution in [0.15, 0.2) is 17.6 Å². The van der Waals surface area contributed by atoms with Gasteiger partial charge in [-0.2, -0.15) is 0 Å². The number of hydrogen-bond donors (Lipinski definition) is 1. The molecule has 0 atom stereocenters. The maximum atomic E-state index is 12.3. The van der Waals surface area contributed by atoms with E-state index in [2.05, 4.69) is 38.6 Å². The van der Waals surface area contributed by atoms with Crippen LogP contribution >= 0.6 is 0 Å². The fraction of sp³-hybridized carbons (Fsp3) is 0.810. The van der Waals surface area contributed by atoms with Crippen molar-refractivity contribution in [3.05, 3.63) is 12.7 Å². The van der Waals surface area contributed by atoms with E-state index in [-0.39, 0.29) is 0 Å². The van der Waals surface area contributed by atoms with Gasteiger partial charge in [-0.05, 0) is 32.1 Å². The van der Waals surface area contributed by atoms with Gasteiger partial charge in [0.25, 0.3) is 0 Å². The van der Waals surface area contributed by atoms with Crippen LogP contribution in [0.1, 0.15) is 44.9 Å². The highest BCUT2D eigenvalue weighted by molar-refractivity contribution is 5.80. The molecule has 27 heavy (non-hydrogen) atoms. The molecule has 0 unspecified atom stereocenters. The molecule has 1 saturated carbocycles. The molecule has 2 rings (SSSR count). The van der Waals surface area contributed by atoms with Crippen molar-refractivity contribution in [2.45, 2.75) is 44.9 Å². The van der Waals surface area contributed by atoms with Gasteiger partial charge in [-0.1, -0.05) is 18.9 Å². The number of rotatable bonds is 10. The zero-order valence-corrected chi connectivity index (χ0v) is 17.5. The van der Waals surface area contributed by atoms with E-state index >= 15 is 0 Å². The first-order valence-electron chi connectivity index (χ1n) is 10.7. The average molecular weight is 378 g/mol. The number of carbonyl (C=O) groups is 1. The summed E-state index contributed by atoms with van der Waals surface area (Å²) in [6, 6.07) is 0. The molecule has 0 aromatic heterocycles. The predicted molar refractivity (Wildman–Crippen MR) is 113 cm³/mol. The summed E-state index contributed by atoms with van der Waals surface area (Å²) in [5.41, 5.74) is 0. The highest BCUT2D eigenvalue weighted by Crippen LogP contribution is 2.28. The summed E-state index contributed by atoms with van der Waals surface area (Å²) >= 11 is 0. The second kappa shape index (κ2) is 12.0. The molecule has 0 bridgehead atoms. The van der Waals surface area contributed by atoms with Crippen LogP contribution < -0.4 is 5.32 Å². The first-order valence-corrected chi connectivity index (χ1v) is 10.7. The molecule has 154 valence electrons. The van der Waals surface area contributed by atoms with Gasteiger partial charge in [-0.3, -0.25) is 14.7 Å². The van der Waals surface area contributed by atoms with E-state index in [1.807, 2.05) is 13.1 Å². The number of aliphatic imine (C=N–C) groups is 1. The van der Waals surface area contributed by atoms with Crippen LogP contribution in [0.2, 0.25) is 0 Å². The smallest absolute Gasteiger partial charge is 0.225 e. The summed E-state index contributed by atoms with van der Waals surface area (Å²) in [5, 5.41) is 3.48. The van der Waals surface area contributed by atoms with Gasteiger partial charge in [0.05, 0.1) is 0 Å². The maximum absolute atomic E-state index is 12.3. The third-order valence-corrected chi connectivity index (χ3v) is 5.82. The number of unbranched alkanes of at least 4 members (excludes halogenated alkanes) is 3. The van der Waals surface area contributed by atoms with Gasteiger partial charge in [0.2, 0.25) is 5.91 Å². The first-order chi connectivity index (χ1) is 13.2. The van der Waals surface area contributed by atoms with E-state index < -0.39 is 0 Å². The number of nitrogens with zero attached hydrogens (tertiary/aromatic N) is 4. The van der Waals surface area contributed by atoms with E-state index in [9.17, 15) is 4.79 Å². The largest absolute Gasteiger partial charge is 0.355 e. The highest BCUT2D eigenvalue weighted by Gasteiger charge is 2.30. The molecule has 1 heterocycles. The number of guanidine groups is 1. The lowest BCUT2D eigenvalue weighted by Crippen LogP contribution is -2.52. The first kappa shape index (κ1) is 21.7. The number of piperazine rings is 1. The minimum atomic E-state index is 0.328. The monoisotopic (exact) mass is 377 g/mol. The summed E-state index contributed by atoms with van der Waals surface area (Å²) in [7, 11) is 3.95. The Kier molecular flexibility index (Phi) is 9.67. The van der Waals surface area contributed by atoms with Crippen molar-refractivity contribution in [3.63, 3.8) is 0 Å². The second-order valence-electron chi connectivity index (χ2n) is 7.83. The Hall–Kier alpha value is -1.56. The van der Waals surface area contributed by atoms with E-state index in [0.29, 0.717) is 11.8 Å². The number of carbonyl (C=O) groups excluding carboxylic acids is 1. The molecule has 6 heteroatoms. The fourth-order valence-corrected chi connectivity index (χ4v) is 3.74. The van der Waals surface area contributed by atoms with Crippen LogP contribution in [0.4, 0.5) is 0 Å². The Balaban J connectivity index is 1.57. The Morgan fingerprint density at radius 2 is 1.96 bits per heavy atom. The van der Waals surface area contributed by atoms with Gasteiger partial charge < -0.3 is 15.1 Å². The van der Waals surface area contributed by atoms with Crippen LogP contribution in [0, 0.1) is 5.92 Å². The minimum absolute atomic E-state index is 0.328. The molecule has 1 aliphatic heterocycles. The number of nitrogens with one attached hydrogen (secondary N) is 1. The molecule has 0 spiro atoms. The number of allylic oxidation sites excluding steroid dienone is 1. The lowest BCUT2D eigenvalue weighted by atomic mass is 9.84. The topological polar surface area (TPSA) is 51.2 Å². The molecule has 6 nitrogen and oxygen atoms in total. The molecular weight excluding hydrogens is 338 g/mol. The number of amides is 1. The Bertz CT molecular complexity index is 481. The van der Waals surface area contributed by atoms with Crippen molar-refractivity contribution in [1.29, 1.82) is 0 Å².